The highest BCUT2D eigenvalue weighted by molar-refractivity contribution is 7.09. The Morgan fingerprint density at radius 3 is 2.68 bits per heavy atom. The van der Waals surface area contributed by atoms with E-state index in [9.17, 15) is 9.90 Å². The lowest BCUT2D eigenvalue weighted by atomic mass is 9.75. The third-order valence-electron chi connectivity index (χ3n) is 4.48. The van der Waals surface area contributed by atoms with Gasteiger partial charge in [0.15, 0.2) is 0 Å². The van der Waals surface area contributed by atoms with Crippen LogP contribution in [0.3, 0.4) is 0 Å². The van der Waals surface area contributed by atoms with E-state index in [-0.39, 0.29) is 24.0 Å². The predicted molar refractivity (Wildman–Crippen MR) is 95.9 cm³/mol. The van der Waals surface area contributed by atoms with Gasteiger partial charge < -0.3 is 15.2 Å². The van der Waals surface area contributed by atoms with Crippen molar-refractivity contribution < 1.29 is 14.6 Å². The van der Waals surface area contributed by atoms with Crippen LogP contribution in [0.2, 0.25) is 0 Å². The normalized spacial score (nSPS) is 20.8. The molecule has 0 spiro atoms. The Hall–Kier alpha value is -1.99. The number of thiazole rings is 1. The molecule has 1 aliphatic carbocycles. The van der Waals surface area contributed by atoms with Crippen molar-refractivity contribution in [3.05, 3.63) is 40.0 Å². The molecular formula is C18H23N3O3S. The first kappa shape index (κ1) is 17.8. The van der Waals surface area contributed by atoms with Crippen molar-refractivity contribution in [1.82, 2.24) is 15.3 Å². The van der Waals surface area contributed by atoms with Gasteiger partial charge in [-0.15, -0.1) is 11.3 Å². The first-order valence-corrected chi connectivity index (χ1v) is 9.30. The minimum atomic E-state index is -0.289. The fraction of sp³-hybridized carbons (Fsp3) is 0.500. The monoisotopic (exact) mass is 361 g/mol. The number of ether oxygens (including phenoxy) is 1. The van der Waals surface area contributed by atoms with Crippen molar-refractivity contribution in [2.75, 3.05) is 7.11 Å². The van der Waals surface area contributed by atoms with Crippen LogP contribution in [0.1, 0.15) is 59.7 Å². The van der Waals surface area contributed by atoms with Crippen molar-refractivity contribution in [2.45, 2.75) is 44.8 Å². The highest BCUT2D eigenvalue weighted by Gasteiger charge is 2.36. The summed E-state index contributed by atoms with van der Waals surface area (Å²) < 4.78 is 5.10. The molecule has 25 heavy (non-hydrogen) atoms. The van der Waals surface area contributed by atoms with Gasteiger partial charge in [-0.2, -0.15) is 0 Å². The second-order valence-electron chi connectivity index (χ2n) is 6.70. The number of rotatable bonds is 6. The summed E-state index contributed by atoms with van der Waals surface area (Å²) in [4.78, 5) is 21.3. The molecule has 2 heterocycles. The molecule has 0 aliphatic heterocycles. The van der Waals surface area contributed by atoms with Crippen molar-refractivity contribution >= 4 is 17.2 Å². The maximum Gasteiger partial charge on any atom is 0.271 e. The number of methoxy groups -OCH3 is 1. The minimum absolute atomic E-state index is 0.189. The largest absolute Gasteiger partial charge is 0.481 e. The molecule has 7 heteroatoms. The molecule has 0 unspecified atom stereocenters. The van der Waals surface area contributed by atoms with E-state index in [0.717, 1.165) is 10.6 Å². The molecule has 0 saturated heterocycles. The maximum atomic E-state index is 12.6. The zero-order valence-electron chi connectivity index (χ0n) is 14.6. The fourth-order valence-electron chi connectivity index (χ4n) is 2.94. The molecule has 0 bridgehead atoms. The Labute approximate surface area is 151 Å². The van der Waals surface area contributed by atoms with Gasteiger partial charge in [0.2, 0.25) is 5.88 Å². The molecule has 1 aliphatic rings. The second kappa shape index (κ2) is 7.49. The highest BCUT2D eigenvalue weighted by atomic mass is 32.1. The Bertz CT molecular complexity index is 723. The molecule has 2 N–H and O–H groups in total. The SMILES string of the molecule is COc1ccc([C@H](NC(=O)c2csc(C(C)C)n2)C2CC(O)C2)cn1. The predicted octanol–water partition coefficient (Wildman–Crippen LogP) is 2.91. The maximum absolute atomic E-state index is 12.6. The Kier molecular flexibility index (Phi) is 5.34. The van der Waals surface area contributed by atoms with Crippen LogP contribution in [0.4, 0.5) is 0 Å². The number of aromatic nitrogens is 2. The molecule has 2 aromatic heterocycles. The van der Waals surface area contributed by atoms with Crippen molar-refractivity contribution in [2.24, 2.45) is 5.92 Å². The molecule has 1 fully saturated rings. The number of nitrogens with one attached hydrogen (secondary N) is 1. The van der Waals surface area contributed by atoms with E-state index in [1.165, 1.54) is 11.3 Å². The molecule has 1 amide bonds. The smallest absolute Gasteiger partial charge is 0.271 e. The number of carbonyl (C=O) groups excluding carboxylic acids is 1. The van der Waals surface area contributed by atoms with Crippen LogP contribution in [0, 0.1) is 5.92 Å². The summed E-state index contributed by atoms with van der Waals surface area (Å²) in [7, 11) is 1.57. The van der Waals surface area contributed by atoms with E-state index in [2.05, 4.69) is 29.1 Å². The van der Waals surface area contributed by atoms with E-state index in [0.29, 0.717) is 30.3 Å². The first-order chi connectivity index (χ1) is 12.0. The molecular weight excluding hydrogens is 338 g/mol. The van der Waals surface area contributed by atoms with Gasteiger partial charge in [-0.1, -0.05) is 19.9 Å². The van der Waals surface area contributed by atoms with Crippen molar-refractivity contribution in [3.63, 3.8) is 0 Å². The Balaban J connectivity index is 1.77. The number of aliphatic hydroxyl groups is 1. The van der Waals surface area contributed by atoms with Gasteiger partial charge in [0.1, 0.15) is 5.69 Å². The molecule has 2 aromatic rings. The average Bonchev–Trinajstić information content (AvgIpc) is 3.08. The van der Waals surface area contributed by atoms with Crippen molar-refractivity contribution in [1.29, 1.82) is 0 Å². The summed E-state index contributed by atoms with van der Waals surface area (Å²) in [6, 6.07) is 3.49. The zero-order chi connectivity index (χ0) is 18.0. The highest BCUT2D eigenvalue weighted by Crippen LogP contribution is 2.38. The Morgan fingerprint density at radius 2 is 2.16 bits per heavy atom. The zero-order valence-corrected chi connectivity index (χ0v) is 15.4. The van der Waals surface area contributed by atoms with E-state index in [4.69, 9.17) is 4.74 Å². The van der Waals surface area contributed by atoms with Gasteiger partial charge in [-0.3, -0.25) is 4.79 Å². The standard InChI is InChI=1S/C18H23N3O3S/c1-10(2)18-20-14(9-25-18)17(23)21-16(12-6-13(22)7-12)11-4-5-15(24-3)19-8-11/h4-5,8-10,12-13,16,22H,6-7H2,1-3H3,(H,21,23)/t12?,13?,16-/m0/s1. The molecule has 134 valence electrons. The number of hydrogen-bond acceptors (Lipinski definition) is 6. The summed E-state index contributed by atoms with van der Waals surface area (Å²) >= 11 is 1.50. The van der Waals surface area contributed by atoms with Crippen LogP contribution in [0.25, 0.3) is 0 Å². The number of hydrogen-bond donors (Lipinski definition) is 2. The van der Waals surface area contributed by atoms with Crippen LogP contribution in [0.15, 0.2) is 23.7 Å². The topological polar surface area (TPSA) is 84.3 Å². The number of nitrogens with zero attached hydrogens (tertiary/aromatic N) is 2. The van der Waals surface area contributed by atoms with Gasteiger partial charge in [0, 0.05) is 23.6 Å². The summed E-state index contributed by atoms with van der Waals surface area (Å²) in [5.41, 5.74) is 1.35. The van der Waals surface area contributed by atoms with Crippen LogP contribution in [0.5, 0.6) is 5.88 Å². The summed E-state index contributed by atoms with van der Waals surface area (Å²) in [6.45, 7) is 4.12. The molecule has 0 aromatic carbocycles. The molecule has 6 nitrogen and oxygen atoms in total. The van der Waals surface area contributed by atoms with Gasteiger partial charge in [-0.25, -0.2) is 9.97 Å². The summed E-state index contributed by atoms with van der Waals surface area (Å²) in [5, 5.41) is 15.5. The van der Waals surface area contributed by atoms with Gasteiger partial charge >= 0.3 is 0 Å². The average molecular weight is 361 g/mol. The van der Waals surface area contributed by atoms with E-state index in [1.54, 1.807) is 24.8 Å². The van der Waals surface area contributed by atoms with Crippen LogP contribution in [-0.2, 0) is 0 Å². The number of pyridine rings is 1. The van der Waals surface area contributed by atoms with Crippen LogP contribution >= 0.6 is 11.3 Å². The number of carbonyl (C=O) groups is 1. The quantitative estimate of drug-likeness (QED) is 0.826. The second-order valence-corrected chi connectivity index (χ2v) is 7.59. The first-order valence-electron chi connectivity index (χ1n) is 8.42. The minimum Gasteiger partial charge on any atom is -0.481 e. The van der Waals surface area contributed by atoms with E-state index >= 15 is 0 Å². The molecule has 1 atom stereocenters. The molecule has 3 rings (SSSR count). The summed E-state index contributed by atoms with van der Waals surface area (Å²) in [5.74, 6) is 0.834. The van der Waals surface area contributed by atoms with Crippen LogP contribution in [-0.4, -0.2) is 34.2 Å². The van der Waals surface area contributed by atoms with E-state index in [1.807, 2.05) is 6.07 Å². The number of aliphatic hydroxyl groups excluding tert-OH is 1. The van der Waals surface area contributed by atoms with Gasteiger partial charge in [-0.05, 0) is 24.3 Å². The summed E-state index contributed by atoms with van der Waals surface area (Å²) in [6.07, 6.45) is 2.77. The van der Waals surface area contributed by atoms with E-state index < -0.39 is 0 Å². The van der Waals surface area contributed by atoms with Gasteiger partial charge in [0.25, 0.3) is 5.91 Å². The van der Waals surface area contributed by atoms with Gasteiger partial charge in [0.05, 0.1) is 24.3 Å². The van der Waals surface area contributed by atoms with Crippen LogP contribution < -0.4 is 10.1 Å². The third kappa shape index (κ3) is 3.99. The number of amides is 1. The molecule has 1 saturated carbocycles. The Morgan fingerprint density at radius 1 is 1.40 bits per heavy atom. The fourth-order valence-corrected chi connectivity index (χ4v) is 3.76. The third-order valence-corrected chi connectivity index (χ3v) is 5.63. The molecule has 0 radical (unpaired) electrons. The lowest BCUT2D eigenvalue weighted by molar-refractivity contribution is 0.0234. The van der Waals surface area contributed by atoms with Crippen molar-refractivity contribution in [3.8, 4) is 5.88 Å². The lowest BCUT2D eigenvalue weighted by Gasteiger charge is -2.38. The lowest BCUT2D eigenvalue weighted by Crippen LogP contribution is -2.41.